The average Bonchev–Trinajstić information content (AvgIpc) is 2.51. The number of halogens is 3. The van der Waals surface area contributed by atoms with Crippen LogP contribution in [-0.4, -0.2) is 11.5 Å². The summed E-state index contributed by atoms with van der Waals surface area (Å²) in [6, 6.07) is 7.27. The summed E-state index contributed by atoms with van der Waals surface area (Å²) < 4.78 is 40.7. The Morgan fingerprint density at radius 3 is 2.50 bits per heavy atom. The molecule has 0 radical (unpaired) electrons. The highest BCUT2D eigenvalue weighted by atomic mass is 19.4. The van der Waals surface area contributed by atoms with E-state index in [1.807, 2.05) is 13.8 Å². The third-order valence-electron chi connectivity index (χ3n) is 5.04. The Hall–Kier alpha value is -2.42. The van der Waals surface area contributed by atoms with Gasteiger partial charge in [-0.15, -0.1) is 0 Å². The predicted octanol–water partition coefficient (Wildman–Crippen LogP) is 5.05. The van der Waals surface area contributed by atoms with Crippen LogP contribution in [0.5, 0.6) is 0 Å². The van der Waals surface area contributed by atoms with E-state index in [1.165, 1.54) is 18.2 Å². The van der Waals surface area contributed by atoms with Crippen molar-refractivity contribution in [2.75, 3.05) is 0 Å². The predicted molar refractivity (Wildman–Crippen MR) is 91.4 cm³/mol. The van der Waals surface area contributed by atoms with E-state index in [1.54, 1.807) is 6.92 Å². The molecule has 3 rings (SSSR count). The van der Waals surface area contributed by atoms with Crippen LogP contribution in [0.15, 0.2) is 40.5 Å². The first-order valence-corrected chi connectivity index (χ1v) is 8.42. The molecule has 0 spiro atoms. The Balaban J connectivity index is 2.26. The molecule has 1 aromatic rings. The number of aliphatic imine (C=N–C) groups is 1. The summed E-state index contributed by atoms with van der Waals surface area (Å²) in [4.78, 5) is 17.3. The summed E-state index contributed by atoms with van der Waals surface area (Å²) in [5, 5.41) is 9.62. The minimum Gasteiger partial charge on any atom is -0.294 e. The number of allylic oxidation sites excluding steroid dienone is 2. The standard InChI is InChI=1S/C20H19F3N2O/c1-11-13(10-24)17(12-6-4-5-7-14(12)20(21,22)23)18-15(25-11)8-19(2,3)9-16(18)26/h4-7,13,17H,8-9H2,1-3H3/t13?,17-/m1/s1. The smallest absolute Gasteiger partial charge is 0.294 e. The fourth-order valence-electron chi connectivity index (χ4n) is 3.97. The SMILES string of the molecule is CC1=NC2=C(C(=O)CC(C)(C)C2)[C@H](c2ccccc2C(F)(F)F)C1C#N. The van der Waals surface area contributed by atoms with Gasteiger partial charge in [-0.3, -0.25) is 9.79 Å². The van der Waals surface area contributed by atoms with Crippen molar-refractivity contribution in [2.24, 2.45) is 16.3 Å². The van der Waals surface area contributed by atoms with Gasteiger partial charge in [0.25, 0.3) is 0 Å². The highest BCUT2D eigenvalue weighted by molar-refractivity contribution is 6.03. The van der Waals surface area contributed by atoms with Crippen LogP contribution in [0.25, 0.3) is 0 Å². The molecule has 0 N–H and O–H groups in total. The molecule has 0 aromatic heterocycles. The molecular weight excluding hydrogens is 341 g/mol. The number of benzene rings is 1. The zero-order valence-corrected chi connectivity index (χ0v) is 14.8. The van der Waals surface area contributed by atoms with E-state index in [0.29, 0.717) is 17.8 Å². The number of nitrogens with zero attached hydrogens (tertiary/aromatic N) is 2. The number of carbonyl (C=O) groups is 1. The topological polar surface area (TPSA) is 53.2 Å². The zero-order valence-electron chi connectivity index (χ0n) is 14.8. The van der Waals surface area contributed by atoms with Gasteiger partial charge >= 0.3 is 6.18 Å². The molecule has 3 nitrogen and oxygen atoms in total. The van der Waals surface area contributed by atoms with Crippen LogP contribution in [0.1, 0.15) is 50.7 Å². The van der Waals surface area contributed by atoms with Gasteiger partial charge in [0.1, 0.15) is 0 Å². The van der Waals surface area contributed by atoms with E-state index < -0.39 is 23.6 Å². The van der Waals surface area contributed by atoms with Crippen molar-refractivity contribution >= 4 is 11.5 Å². The molecule has 1 aliphatic carbocycles. The van der Waals surface area contributed by atoms with Gasteiger partial charge in [0, 0.05) is 29.3 Å². The molecule has 1 heterocycles. The number of alkyl halides is 3. The first-order chi connectivity index (χ1) is 12.0. The number of hydrogen-bond donors (Lipinski definition) is 0. The van der Waals surface area contributed by atoms with Crippen LogP contribution in [-0.2, 0) is 11.0 Å². The number of rotatable bonds is 1. The summed E-state index contributed by atoms with van der Waals surface area (Å²) in [7, 11) is 0. The monoisotopic (exact) mass is 360 g/mol. The number of Topliss-reactive ketones (excluding diaryl/α,β-unsaturated/α-hetero) is 1. The quantitative estimate of drug-likeness (QED) is 0.704. The maximum absolute atomic E-state index is 13.6. The molecule has 1 unspecified atom stereocenters. The molecule has 0 fully saturated rings. The van der Waals surface area contributed by atoms with Gasteiger partial charge < -0.3 is 0 Å². The van der Waals surface area contributed by atoms with E-state index in [-0.39, 0.29) is 28.8 Å². The molecule has 0 bridgehead atoms. The molecule has 0 saturated carbocycles. The average molecular weight is 360 g/mol. The molecule has 1 aromatic carbocycles. The Bertz CT molecular complexity index is 872. The Kier molecular flexibility index (Phi) is 4.30. The van der Waals surface area contributed by atoms with E-state index in [4.69, 9.17) is 0 Å². The lowest BCUT2D eigenvalue weighted by atomic mass is 9.66. The molecule has 26 heavy (non-hydrogen) atoms. The minimum absolute atomic E-state index is 0.0265. The van der Waals surface area contributed by atoms with Gasteiger partial charge in [-0.25, -0.2) is 0 Å². The second-order valence-corrected chi connectivity index (χ2v) is 7.72. The Morgan fingerprint density at radius 2 is 1.88 bits per heavy atom. The maximum Gasteiger partial charge on any atom is 0.416 e. The number of ketones is 1. The van der Waals surface area contributed by atoms with Crippen molar-refractivity contribution in [1.82, 2.24) is 0 Å². The fraction of sp³-hybridized carbons (Fsp3) is 0.450. The van der Waals surface area contributed by atoms with Crippen LogP contribution >= 0.6 is 0 Å². The van der Waals surface area contributed by atoms with Gasteiger partial charge in [-0.2, -0.15) is 18.4 Å². The third-order valence-corrected chi connectivity index (χ3v) is 5.04. The van der Waals surface area contributed by atoms with Gasteiger partial charge in [-0.1, -0.05) is 32.0 Å². The number of nitriles is 1. The molecule has 2 aliphatic rings. The molecule has 2 atom stereocenters. The Morgan fingerprint density at radius 1 is 1.23 bits per heavy atom. The van der Waals surface area contributed by atoms with Crippen molar-refractivity contribution in [2.45, 2.75) is 45.7 Å². The van der Waals surface area contributed by atoms with Gasteiger partial charge in [-0.05, 0) is 30.4 Å². The van der Waals surface area contributed by atoms with Crippen LogP contribution in [0.3, 0.4) is 0 Å². The second-order valence-electron chi connectivity index (χ2n) is 7.72. The highest BCUT2D eigenvalue weighted by Gasteiger charge is 2.46. The summed E-state index contributed by atoms with van der Waals surface area (Å²) in [5.74, 6) is -2.04. The molecule has 136 valence electrons. The van der Waals surface area contributed by atoms with Crippen LogP contribution in [0.4, 0.5) is 13.2 Å². The summed E-state index contributed by atoms with van der Waals surface area (Å²) in [6.07, 6.45) is -3.81. The molecular formula is C20H19F3N2O. The van der Waals surface area contributed by atoms with E-state index in [0.717, 1.165) is 6.07 Å². The lowest BCUT2D eigenvalue weighted by molar-refractivity contribution is -0.138. The fourth-order valence-corrected chi connectivity index (χ4v) is 3.97. The van der Waals surface area contributed by atoms with Crippen molar-refractivity contribution in [3.8, 4) is 6.07 Å². The molecule has 0 saturated heterocycles. The van der Waals surface area contributed by atoms with Gasteiger partial charge in [0.15, 0.2) is 5.78 Å². The van der Waals surface area contributed by atoms with Gasteiger partial charge in [0.05, 0.1) is 17.6 Å². The van der Waals surface area contributed by atoms with Crippen molar-refractivity contribution in [1.29, 1.82) is 5.26 Å². The van der Waals surface area contributed by atoms with Crippen molar-refractivity contribution < 1.29 is 18.0 Å². The van der Waals surface area contributed by atoms with Gasteiger partial charge in [0.2, 0.25) is 0 Å². The number of carbonyl (C=O) groups excluding carboxylic acids is 1. The van der Waals surface area contributed by atoms with Crippen molar-refractivity contribution in [3.05, 3.63) is 46.7 Å². The lowest BCUT2D eigenvalue weighted by Crippen LogP contribution is -2.35. The first kappa shape index (κ1) is 18.4. The lowest BCUT2D eigenvalue weighted by Gasteiger charge is -2.38. The highest BCUT2D eigenvalue weighted by Crippen LogP contribution is 2.49. The van der Waals surface area contributed by atoms with E-state index in [2.05, 4.69) is 11.1 Å². The second kappa shape index (κ2) is 6.08. The summed E-state index contributed by atoms with van der Waals surface area (Å²) >= 11 is 0. The zero-order chi connectivity index (χ0) is 19.3. The van der Waals surface area contributed by atoms with E-state index >= 15 is 0 Å². The van der Waals surface area contributed by atoms with Crippen molar-refractivity contribution in [3.63, 3.8) is 0 Å². The van der Waals surface area contributed by atoms with Crippen LogP contribution in [0.2, 0.25) is 0 Å². The van der Waals surface area contributed by atoms with E-state index in [9.17, 15) is 23.2 Å². The first-order valence-electron chi connectivity index (χ1n) is 8.42. The maximum atomic E-state index is 13.6. The Labute approximate surface area is 150 Å². The molecule has 6 heteroatoms. The summed E-state index contributed by atoms with van der Waals surface area (Å²) in [5.41, 5.74) is 0.132. The molecule has 1 aliphatic heterocycles. The number of hydrogen-bond acceptors (Lipinski definition) is 3. The largest absolute Gasteiger partial charge is 0.416 e. The third kappa shape index (κ3) is 3.07. The normalized spacial score (nSPS) is 25.4. The minimum atomic E-state index is -4.56. The summed E-state index contributed by atoms with van der Waals surface area (Å²) in [6.45, 7) is 5.52. The van der Waals surface area contributed by atoms with Crippen LogP contribution < -0.4 is 0 Å². The van der Waals surface area contributed by atoms with Crippen LogP contribution in [0, 0.1) is 22.7 Å². The molecule has 0 amide bonds.